The largest absolute Gasteiger partial charge is 0.389 e. The van der Waals surface area contributed by atoms with Crippen LogP contribution < -0.4 is 4.90 Å². The molecule has 1 aliphatic carbocycles. The summed E-state index contributed by atoms with van der Waals surface area (Å²) in [4.78, 5) is 6.93. The van der Waals surface area contributed by atoms with Crippen LogP contribution in [0.4, 0.5) is 5.82 Å². The van der Waals surface area contributed by atoms with E-state index in [2.05, 4.69) is 16.0 Å². The van der Waals surface area contributed by atoms with Gasteiger partial charge in [-0.3, -0.25) is 0 Å². The molecular weight excluding hydrogens is 248 g/mol. The van der Waals surface area contributed by atoms with Crippen molar-refractivity contribution < 1.29 is 5.11 Å². The van der Waals surface area contributed by atoms with E-state index in [0.717, 1.165) is 24.5 Å². The zero-order valence-electron chi connectivity index (χ0n) is 12.5. The van der Waals surface area contributed by atoms with E-state index >= 15 is 0 Å². The number of rotatable bonds is 2. The highest BCUT2D eigenvalue weighted by atomic mass is 16.3. The highest BCUT2D eigenvalue weighted by Gasteiger charge is 2.35. The lowest BCUT2D eigenvalue weighted by Crippen LogP contribution is -2.41. The molecule has 1 aliphatic heterocycles. The Bertz CT molecular complexity index is 425. The van der Waals surface area contributed by atoms with Crippen molar-refractivity contribution in [1.82, 2.24) is 4.98 Å². The Morgan fingerprint density at radius 1 is 1.10 bits per heavy atom. The van der Waals surface area contributed by atoms with E-state index in [1.807, 2.05) is 12.3 Å². The van der Waals surface area contributed by atoms with Crippen LogP contribution in [-0.4, -0.2) is 23.2 Å². The summed E-state index contributed by atoms with van der Waals surface area (Å²) in [6.45, 7) is 4.06. The number of hydrogen-bond donors (Lipinski definition) is 1. The fourth-order valence-electron chi connectivity index (χ4n) is 3.84. The van der Waals surface area contributed by atoms with Gasteiger partial charge in [0.15, 0.2) is 0 Å². The second-order valence-electron chi connectivity index (χ2n) is 6.67. The molecule has 2 aliphatic rings. The van der Waals surface area contributed by atoms with E-state index in [-0.39, 0.29) is 0 Å². The summed E-state index contributed by atoms with van der Waals surface area (Å²) in [6, 6.07) is 4.05. The SMILES string of the molecule is CC(O)c1ccc(N2CCC3(CCCCC3)CC2)nc1. The third-order valence-electron chi connectivity index (χ3n) is 5.32. The molecular formula is C17H26N2O. The van der Waals surface area contributed by atoms with Gasteiger partial charge in [-0.05, 0) is 49.7 Å². The normalized spacial score (nSPS) is 23.8. The fourth-order valence-corrected chi connectivity index (χ4v) is 3.84. The van der Waals surface area contributed by atoms with E-state index in [4.69, 9.17) is 0 Å². The Morgan fingerprint density at radius 2 is 1.80 bits per heavy atom. The van der Waals surface area contributed by atoms with Crippen LogP contribution in [0, 0.1) is 5.41 Å². The third kappa shape index (κ3) is 2.83. The lowest BCUT2D eigenvalue weighted by atomic mass is 9.68. The lowest BCUT2D eigenvalue weighted by Gasteiger charge is -2.44. The second kappa shape index (κ2) is 5.72. The third-order valence-corrected chi connectivity index (χ3v) is 5.32. The topological polar surface area (TPSA) is 36.4 Å². The number of piperidine rings is 1. The van der Waals surface area contributed by atoms with Crippen LogP contribution in [-0.2, 0) is 0 Å². The van der Waals surface area contributed by atoms with Gasteiger partial charge in [0, 0.05) is 19.3 Å². The van der Waals surface area contributed by atoms with Gasteiger partial charge in [-0.15, -0.1) is 0 Å². The molecule has 1 spiro atoms. The number of aromatic nitrogens is 1. The molecule has 3 heteroatoms. The van der Waals surface area contributed by atoms with Gasteiger partial charge in [0.05, 0.1) is 6.10 Å². The monoisotopic (exact) mass is 274 g/mol. The first-order valence-corrected chi connectivity index (χ1v) is 8.08. The maximum absolute atomic E-state index is 9.54. The zero-order valence-corrected chi connectivity index (χ0v) is 12.5. The van der Waals surface area contributed by atoms with Crippen molar-refractivity contribution in [1.29, 1.82) is 0 Å². The minimum Gasteiger partial charge on any atom is -0.389 e. The fraction of sp³-hybridized carbons (Fsp3) is 0.706. The zero-order chi connectivity index (χ0) is 14.0. The Morgan fingerprint density at radius 3 is 2.35 bits per heavy atom. The number of aliphatic hydroxyl groups excluding tert-OH is 1. The molecule has 3 nitrogen and oxygen atoms in total. The van der Waals surface area contributed by atoms with Crippen LogP contribution in [0.25, 0.3) is 0 Å². The number of pyridine rings is 1. The molecule has 1 N–H and O–H groups in total. The summed E-state index contributed by atoms with van der Waals surface area (Å²) in [5.41, 5.74) is 1.54. The van der Waals surface area contributed by atoms with Gasteiger partial charge >= 0.3 is 0 Å². The highest BCUT2D eigenvalue weighted by molar-refractivity contribution is 5.40. The first-order valence-electron chi connectivity index (χ1n) is 8.08. The van der Waals surface area contributed by atoms with Crippen molar-refractivity contribution in [3.05, 3.63) is 23.9 Å². The second-order valence-corrected chi connectivity index (χ2v) is 6.67. The van der Waals surface area contributed by atoms with Crippen molar-refractivity contribution in [3.63, 3.8) is 0 Å². The van der Waals surface area contributed by atoms with Crippen molar-refractivity contribution in [2.45, 2.75) is 58.0 Å². The average molecular weight is 274 g/mol. The number of aliphatic hydroxyl groups is 1. The number of anilines is 1. The maximum atomic E-state index is 9.54. The van der Waals surface area contributed by atoms with Crippen LogP contribution in [0.3, 0.4) is 0 Å². The molecule has 1 unspecified atom stereocenters. The van der Waals surface area contributed by atoms with Crippen molar-refractivity contribution in [3.8, 4) is 0 Å². The van der Waals surface area contributed by atoms with Crippen LogP contribution >= 0.6 is 0 Å². The Labute approximate surface area is 122 Å². The molecule has 0 amide bonds. The molecule has 1 saturated heterocycles. The Balaban J connectivity index is 1.62. The molecule has 1 atom stereocenters. The van der Waals surface area contributed by atoms with Crippen molar-refractivity contribution in [2.24, 2.45) is 5.41 Å². The predicted molar refractivity (Wildman–Crippen MR) is 81.8 cm³/mol. The molecule has 0 bridgehead atoms. The smallest absolute Gasteiger partial charge is 0.128 e. The molecule has 0 aromatic carbocycles. The summed E-state index contributed by atoms with van der Waals surface area (Å²) in [7, 11) is 0. The molecule has 3 rings (SSSR count). The standard InChI is InChI=1S/C17H26N2O/c1-14(20)15-5-6-16(18-13-15)19-11-9-17(10-12-19)7-3-2-4-8-17/h5-6,13-14,20H,2-4,7-12H2,1H3. The predicted octanol–water partition coefficient (Wildman–Crippen LogP) is 3.69. The summed E-state index contributed by atoms with van der Waals surface area (Å²) < 4.78 is 0. The van der Waals surface area contributed by atoms with E-state index in [1.54, 1.807) is 6.92 Å². The van der Waals surface area contributed by atoms with Gasteiger partial charge in [0.1, 0.15) is 5.82 Å². The summed E-state index contributed by atoms with van der Waals surface area (Å²) in [5, 5.41) is 9.54. The molecule has 1 aromatic heterocycles. The molecule has 2 fully saturated rings. The molecule has 110 valence electrons. The van der Waals surface area contributed by atoms with Crippen LogP contribution in [0.2, 0.25) is 0 Å². The summed E-state index contributed by atoms with van der Waals surface area (Å²) in [6.07, 6.45) is 11.2. The Hall–Kier alpha value is -1.09. The first-order chi connectivity index (χ1) is 9.69. The highest BCUT2D eigenvalue weighted by Crippen LogP contribution is 2.44. The van der Waals surface area contributed by atoms with Gasteiger partial charge in [-0.25, -0.2) is 4.98 Å². The van der Waals surface area contributed by atoms with Gasteiger partial charge in [0.2, 0.25) is 0 Å². The first kappa shape index (κ1) is 13.9. The number of nitrogens with zero attached hydrogens (tertiary/aromatic N) is 2. The molecule has 20 heavy (non-hydrogen) atoms. The average Bonchev–Trinajstić information content (AvgIpc) is 2.49. The van der Waals surface area contributed by atoms with E-state index in [1.165, 1.54) is 44.9 Å². The van der Waals surface area contributed by atoms with Crippen molar-refractivity contribution in [2.75, 3.05) is 18.0 Å². The van der Waals surface area contributed by atoms with Crippen LogP contribution in [0.15, 0.2) is 18.3 Å². The molecule has 0 radical (unpaired) electrons. The molecule has 1 saturated carbocycles. The van der Waals surface area contributed by atoms with Gasteiger partial charge in [-0.1, -0.05) is 25.3 Å². The van der Waals surface area contributed by atoms with E-state index < -0.39 is 6.10 Å². The van der Waals surface area contributed by atoms with Gasteiger partial charge in [0.25, 0.3) is 0 Å². The van der Waals surface area contributed by atoms with E-state index in [9.17, 15) is 5.11 Å². The molecule has 2 heterocycles. The summed E-state index contributed by atoms with van der Waals surface area (Å²) >= 11 is 0. The number of hydrogen-bond acceptors (Lipinski definition) is 3. The quantitative estimate of drug-likeness (QED) is 0.893. The maximum Gasteiger partial charge on any atom is 0.128 e. The lowest BCUT2D eigenvalue weighted by molar-refractivity contribution is 0.144. The van der Waals surface area contributed by atoms with Crippen LogP contribution in [0.5, 0.6) is 0 Å². The summed E-state index contributed by atoms with van der Waals surface area (Å²) in [5.74, 6) is 1.07. The minimum absolute atomic E-state index is 0.427. The van der Waals surface area contributed by atoms with E-state index in [0.29, 0.717) is 5.41 Å². The van der Waals surface area contributed by atoms with Gasteiger partial charge in [-0.2, -0.15) is 0 Å². The van der Waals surface area contributed by atoms with Crippen LogP contribution in [0.1, 0.15) is 63.5 Å². The van der Waals surface area contributed by atoms with Crippen molar-refractivity contribution >= 4 is 5.82 Å². The Kier molecular flexibility index (Phi) is 3.97. The minimum atomic E-state index is -0.427. The molecule has 1 aromatic rings. The van der Waals surface area contributed by atoms with Gasteiger partial charge < -0.3 is 10.0 Å².